The van der Waals surface area contributed by atoms with Gasteiger partial charge in [0.15, 0.2) is 0 Å². The standard InChI is InChI=1S/C39H33BN2O3/c1-37(2,43)38(3,4)45-40-28-14-15-30-29-9-5-6-10-31(29)39(33(30)21-28)32-11-7-8-12-35(32)44-36-16-13-26(20-34(36)39)27-18-24(22-41)17-25(19-27)23-42/h5-18,20-21,27,40,43H,19H2,1-4H3. The van der Waals surface area contributed by atoms with Gasteiger partial charge in [-0.25, -0.2) is 0 Å². The fraction of sp³-hybridized carbons (Fsp3) is 0.231. The number of hydrogen-bond donors (Lipinski definition) is 1. The molecule has 4 aromatic rings. The van der Waals surface area contributed by atoms with E-state index in [9.17, 15) is 15.6 Å². The highest BCUT2D eigenvalue weighted by molar-refractivity contribution is 6.47. The van der Waals surface area contributed by atoms with Crippen molar-refractivity contribution in [1.29, 1.82) is 10.5 Å². The Hall–Kier alpha value is -4.88. The smallest absolute Gasteiger partial charge is 0.309 e. The first-order valence-electron chi connectivity index (χ1n) is 15.3. The lowest BCUT2D eigenvalue weighted by Crippen LogP contribution is -2.49. The van der Waals surface area contributed by atoms with Crippen molar-refractivity contribution in [3.8, 4) is 34.8 Å². The molecule has 45 heavy (non-hydrogen) atoms. The molecule has 0 fully saturated rings. The minimum Gasteiger partial charge on any atom is -0.457 e. The van der Waals surface area contributed by atoms with Crippen molar-refractivity contribution in [2.75, 3.05) is 0 Å². The number of para-hydroxylation sites is 1. The van der Waals surface area contributed by atoms with Crippen LogP contribution in [0.15, 0.2) is 108 Å². The number of aliphatic hydroxyl groups is 1. The lowest BCUT2D eigenvalue weighted by atomic mass is 9.64. The quantitative estimate of drug-likeness (QED) is 0.218. The first-order chi connectivity index (χ1) is 21.6. The van der Waals surface area contributed by atoms with Gasteiger partial charge in [0.05, 0.1) is 28.8 Å². The van der Waals surface area contributed by atoms with Crippen LogP contribution in [0.2, 0.25) is 0 Å². The van der Waals surface area contributed by atoms with Gasteiger partial charge in [-0.3, -0.25) is 0 Å². The lowest BCUT2D eigenvalue weighted by Gasteiger charge is -2.40. The monoisotopic (exact) mass is 588 g/mol. The van der Waals surface area contributed by atoms with Crippen molar-refractivity contribution < 1.29 is 14.5 Å². The van der Waals surface area contributed by atoms with Crippen LogP contribution >= 0.6 is 0 Å². The fourth-order valence-electron chi connectivity index (χ4n) is 6.90. The summed E-state index contributed by atoms with van der Waals surface area (Å²) in [6.45, 7) is 7.36. The van der Waals surface area contributed by atoms with Crippen LogP contribution in [0.25, 0.3) is 11.1 Å². The van der Waals surface area contributed by atoms with E-state index >= 15 is 0 Å². The average molecular weight is 589 g/mol. The molecule has 3 aliphatic rings. The van der Waals surface area contributed by atoms with Gasteiger partial charge < -0.3 is 14.5 Å². The zero-order valence-electron chi connectivity index (χ0n) is 25.9. The molecule has 6 heteroatoms. The molecule has 0 saturated heterocycles. The second-order valence-corrected chi connectivity index (χ2v) is 13.2. The summed E-state index contributed by atoms with van der Waals surface area (Å²) in [5, 5.41) is 30.2. The van der Waals surface area contributed by atoms with E-state index in [0.29, 0.717) is 25.0 Å². The normalized spacial score (nSPS) is 19.5. The summed E-state index contributed by atoms with van der Waals surface area (Å²) in [5.41, 5.74) is 7.44. The Balaban J connectivity index is 1.45. The molecule has 2 aliphatic carbocycles. The summed E-state index contributed by atoms with van der Waals surface area (Å²) >= 11 is 0. The van der Waals surface area contributed by atoms with Gasteiger partial charge in [-0.2, -0.15) is 10.5 Å². The molecule has 1 heterocycles. The highest BCUT2D eigenvalue weighted by Gasteiger charge is 2.51. The van der Waals surface area contributed by atoms with E-state index in [1.54, 1.807) is 19.9 Å². The molecule has 0 aromatic heterocycles. The molecule has 1 N–H and O–H groups in total. The molecule has 0 radical (unpaired) electrons. The summed E-state index contributed by atoms with van der Waals surface area (Å²) in [6, 6.07) is 34.2. The van der Waals surface area contributed by atoms with Gasteiger partial charge in [0.25, 0.3) is 0 Å². The number of nitriles is 2. The van der Waals surface area contributed by atoms with Crippen LogP contribution < -0.4 is 10.2 Å². The molecule has 220 valence electrons. The third-order valence-electron chi connectivity index (χ3n) is 9.95. The Bertz CT molecular complexity index is 2020. The third-order valence-corrected chi connectivity index (χ3v) is 9.95. The fourth-order valence-corrected chi connectivity index (χ4v) is 6.90. The topological polar surface area (TPSA) is 86.3 Å². The highest BCUT2D eigenvalue weighted by Crippen LogP contribution is 2.62. The molecule has 5 nitrogen and oxygen atoms in total. The molecule has 1 spiro atoms. The largest absolute Gasteiger partial charge is 0.457 e. The van der Waals surface area contributed by atoms with Crippen LogP contribution in [0.4, 0.5) is 0 Å². The molecule has 2 unspecified atom stereocenters. The number of benzene rings is 4. The Morgan fingerprint density at radius 3 is 2.29 bits per heavy atom. The molecule has 4 aromatic carbocycles. The van der Waals surface area contributed by atoms with Crippen LogP contribution in [0.3, 0.4) is 0 Å². The van der Waals surface area contributed by atoms with E-state index in [2.05, 4.69) is 78.9 Å². The number of nitrogens with zero attached hydrogens (tertiary/aromatic N) is 2. The Morgan fingerprint density at radius 2 is 1.53 bits per heavy atom. The van der Waals surface area contributed by atoms with E-state index in [1.807, 2.05) is 38.1 Å². The van der Waals surface area contributed by atoms with Crippen molar-refractivity contribution in [2.24, 2.45) is 0 Å². The van der Waals surface area contributed by atoms with E-state index in [4.69, 9.17) is 9.39 Å². The maximum Gasteiger partial charge on any atom is 0.309 e. The molecule has 0 saturated carbocycles. The van der Waals surface area contributed by atoms with Crippen molar-refractivity contribution in [3.63, 3.8) is 0 Å². The Kier molecular flexibility index (Phi) is 6.64. The maximum atomic E-state index is 10.7. The number of fused-ring (bicyclic) bond motifs is 9. The first kappa shape index (κ1) is 28.9. The number of hydrogen-bond acceptors (Lipinski definition) is 5. The number of ether oxygens (including phenoxy) is 1. The van der Waals surface area contributed by atoms with E-state index in [0.717, 1.165) is 44.8 Å². The maximum absolute atomic E-state index is 10.7. The second-order valence-electron chi connectivity index (χ2n) is 13.2. The van der Waals surface area contributed by atoms with Crippen LogP contribution in [-0.4, -0.2) is 23.8 Å². The average Bonchev–Trinajstić information content (AvgIpc) is 3.33. The predicted octanol–water partition coefficient (Wildman–Crippen LogP) is 7.09. The summed E-state index contributed by atoms with van der Waals surface area (Å²) in [7, 11) is 0.342. The van der Waals surface area contributed by atoms with Gasteiger partial charge >= 0.3 is 7.48 Å². The Labute approximate surface area is 265 Å². The SMILES string of the molecule is CC(C)(O)C(C)(C)OBc1ccc2c(c1)C1(c3ccccc3Oc3ccc(C4C=C(C#N)C=C(C#N)C4)cc31)c1ccccc1-2. The van der Waals surface area contributed by atoms with E-state index in [-0.39, 0.29) is 5.92 Å². The van der Waals surface area contributed by atoms with E-state index in [1.165, 1.54) is 11.1 Å². The van der Waals surface area contributed by atoms with E-state index < -0.39 is 16.6 Å². The lowest BCUT2D eigenvalue weighted by molar-refractivity contribution is -0.0893. The predicted molar refractivity (Wildman–Crippen MR) is 177 cm³/mol. The van der Waals surface area contributed by atoms with Gasteiger partial charge in [0, 0.05) is 28.2 Å². The molecule has 0 amide bonds. The van der Waals surface area contributed by atoms with Crippen molar-refractivity contribution >= 4 is 12.9 Å². The number of rotatable bonds is 5. The summed E-state index contributed by atoms with van der Waals surface area (Å²) in [5.74, 6) is 1.48. The van der Waals surface area contributed by atoms with Crippen LogP contribution in [0.5, 0.6) is 11.5 Å². The molecule has 7 rings (SSSR count). The van der Waals surface area contributed by atoms with Gasteiger partial charge in [-0.1, -0.05) is 78.3 Å². The van der Waals surface area contributed by atoms with Crippen LogP contribution in [-0.2, 0) is 10.1 Å². The zero-order valence-corrected chi connectivity index (χ0v) is 25.9. The molecule has 1 aliphatic heterocycles. The van der Waals surface area contributed by atoms with Crippen LogP contribution in [0, 0.1) is 22.7 Å². The minimum absolute atomic E-state index is 0.112. The summed E-state index contributed by atoms with van der Waals surface area (Å²) < 4.78 is 12.9. The third kappa shape index (κ3) is 4.45. The highest BCUT2D eigenvalue weighted by atomic mass is 16.5. The van der Waals surface area contributed by atoms with Gasteiger partial charge in [-0.05, 0) is 86.2 Å². The summed E-state index contributed by atoms with van der Waals surface area (Å²) in [6.07, 6.45) is 4.18. The van der Waals surface area contributed by atoms with Gasteiger partial charge in [0.2, 0.25) is 0 Å². The van der Waals surface area contributed by atoms with Crippen LogP contribution in [0.1, 0.15) is 67.9 Å². The van der Waals surface area contributed by atoms with Gasteiger partial charge in [-0.15, -0.1) is 0 Å². The van der Waals surface area contributed by atoms with Crippen molar-refractivity contribution in [3.05, 3.63) is 136 Å². The molecule has 2 atom stereocenters. The van der Waals surface area contributed by atoms with Gasteiger partial charge in [0.1, 0.15) is 11.5 Å². The zero-order chi connectivity index (χ0) is 31.6. The number of allylic oxidation sites excluding steroid dienone is 4. The summed E-state index contributed by atoms with van der Waals surface area (Å²) in [4.78, 5) is 0. The molecule has 0 bridgehead atoms. The van der Waals surface area contributed by atoms with Crippen molar-refractivity contribution in [1.82, 2.24) is 0 Å². The second kappa shape index (κ2) is 10.4. The minimum atomic E-state index is -1.02. The Morgan fingerprint density at radius 1 is 0.822 bits per heavy atom. The molecular formula is C39H33BN2O3. The first-order valence-corrected chi connectivity index (χ1v) is 15.3. The van der Waals surface area contributed by atoms with Crippen molar-refractivity contribution in [2.45, 2.75) is 56.7 Å². The molecular weight excluding hydrogens is 555 g/mol.